The van der Waals surface area contributed by atoms with Crippen LogP contribution in [0.4, 0.5) is 0 Å². The molecular formula is C11H24N2O. The Morgan fingerprint density at radius 1 is 1.43 bits per heavy atom. The Morgan fingerprint density at radius 3 is 2.43 bits per heavy atom. The first-order valence-corrected chi connectivity index (χ1v) is 5.45. The van der Waals surface area contributed by atoms with Gasteiger partial charge in [0.05, 0.1) is 0 Å². The second-order valence-corrected chi connectivity index (χ2v) is 4.05. The van der Waals surface area contributed by atoms with E-state index >= 15 is 0 Å². The van der Waals surface area contributed by atoms with E-state index in [0.29, 0.717) is 6.04 Å². The number of carbonyl (C=O) groups is 1. The summed E-state index contributed by atoms with van der Waals surface area (Å²) in [6.07, 6.45) is 2.20. The summed E-state index contributed by atoms with van der Waals surface area (Å²) in [4.78, 5) is 13.7. The molecule has 14 heavy (non-hydrogen) atoms. The van der Waals surface area contributed by atoms with Gasteiger partial charge in [0.15, 0.2) is 0 Å². The fraction of sp³-hybridized carbons (Fsp3) is 0.909. The highest BCUT2D eigenvalue weighted by Gasteiger charge is 2.20. The van der Waals surface area contributed by atoms with Crippen LogP contribution in [0, 0.1) is 5.92 Å². The molecule has 0 aliphatic heterocycles. The van der Waals surface area contributed by atoms with Crippen molar-refractivity contribution in [2.75, 3.05) is 20.6 Å². The third-order valence-corrected chi connectivity index (χ3v) is 2.65. The number of nitrogens with zero attached hydrogens (tertiary/aromatic N) is 1. The summed E-state index contributed by atoms with van der Waals surface area (Å²) in [5.74, 6) is 0.310. The Balaban J connectivity index is 4.09. The summed E-state index contributed by atoms with van der Waals surface area (Å²) < 4.78 is 0. The number of nitrogens with one attached hydrogen (secondary N) is 1. The van der Waals surface area contributed by atoms with Crippen LogP contribution in [0.5, 0.6) is 0 Å². The minimum atomic E-state index is 0.0734. The first kappa shape index (κ1) is 13.4. The van der Waals surface area contributed by atoms with Crippen molar-refractivity contribution in [1.29, 1.82) is 0 Å². The van der Waals surface area contributed by atoms with E-state index in [9.17, 15) is 4.79 Å². The van der Waals surface area contributed by atoms with E-state index < -0.39 is 0 Å². The standard InChI is InChI=1S/C11H24N2O/c1-6-7-10(3)13(5)11(14)9(2)8-12-4/h9-10,12H,6-8H2,1-5H3. The summed E-state index contributed by atoms with van der Waals surface area (Å²) in [7, 11) is 3.77. The highest BCUT2D eigenvalue weighted by atomic mass is 16.2. The molecule has 0 heterocycles. The molecule has 0 aromatic heterocycles. The number of hydrogen-bond donors (Lipinski definition) is 1. The average Bonchev–Trinajstić information content (AvgIpc) is 2.16. The van der Waals surface area contributed by atoms with Gasteiger partial charge in [-0.05, 0) is 20.4 Å². The lowest BCUT2D eigenvalue weighted by atomic mass is 10.1. The van der Waals surface area contributed by atoms with Crippen LogP contribution in [0.15, 0.2) is 0 Å². The second-order valence-electron chi connectivity index (χ2n) is 4.05. The molecule has 0 aromatic rings. The third-order valence-electron chi connectivity index (χ3n) is 2.65. The molecule has 0 aromatic carbocycles. The SMILES string of the molecule is CCCC(C)N(C)C(=O)C(C)CNC. The highest BCUT2D eigenvalue weighted by molar-refractivity contribution is 5.78. The first-order chi connectivity index (χ1) is 6.54. The van der Waals surface area contributed by atoms with Gasteiger partial charge in [-0.3, -0.25) is 4.79 Å². The summed E-state index contributed by atoms with van der Waals surface area (Å²) in [6, 6.07) is 0.354. The summed E-state index contributed by atoms with van der Waals surface area (Å²) >= 11 is 0. The normalized spacial score (nSPS) is 14.9. The van der Waals surface area contributed by atoms with E-state index in [1.54, 1.807) is 0 Å². The number of hydrogen-bond acceptors (Lipinski definition) is 2. The monoisotopic (exact) mass is 200 g/mol. The molecule has 2 unspecified atom stereocenters. The van der Waals surface area contributed by atoms with Crippen LogP contribution in [0.2, 0.25) is 0 Å². The molecule has 0 saturated heterocycles. The van der Waals surface area contributed by atoms with E-state index in [1.165, 1.54) is 0 Å². The zero-order chi connectivity index (χ0) is 11.1. The molecule has 0 spiro atoms. The van der Waals surface area contributed by atoms with Crippen LogP contribution in [0.1, 0.15) is 33.6 Å². The number of carbonyl (C=O) groups excluding carboxylic acids is 1. The first-order valence-electron chi connectivity index (χ1n) is 5.45. The summed E-state index contributed by atoms with van der Waals surface area (Å²) in [5.41, 5.74) is 0. The highest BCUT2D eigenvalue weighted by Crippen LogP contribution is 2.08. The summed E-state index contributed by atoms with van der Waals surface area (Å²) in [5, 5.41) is 3.03. The molecule has 3 heteroatoms. The zero-order valence-electron chi connectivity index (χ0n) is 10.1. The van der Waals surface area contributed by atoms with Gasteiger partial charge < -0.3 is 10.2 Å². The minimum absolute atomic E-state index is 0.0734. The quantitative estimate of drug-likeness (QED) is 0.704. The van der Waals surface area contributed by atoms with Crippen molar-refractivity contribution in [3.63, 3.8) is 0 Å². The Bertz CT molecular complexity index is 171. The van der Waals surface area contributed by atoms with E-state index in [-0.39, 0.29) is 11.8 Å². The maximum atomic E-state index is 11.8. The van der Waals surface area contributed by atoms with Gasteiger partial charge >= 0.3 is 0 Å². The van der Waals surface area contributed by atoms with E-state index in [2.05, 4.69) is 19.2 Å². The van der Waals surface area contributed by atoms with Crippen LogP contribution in [-0.2, 0) is 4.79 Å². The third kappa shape index (κ3) is 4.09. The predicted molar refractivity (Wildman–Crippen MR) is 60.2 cm³/mol. The van der Waals surface area contributed by atoms with Crippen LogP contribution < -0.4 is 5.32 Å². The fourth-order valence-electron chi connectivity index (χ4n) is 1.57. The number of amides is 1. The van der Waals surface area contributed by atoms with Crippen molar-refractivity contribution in [1.82, 2.24) is 10.2 Å². The fourth-order valence-corrected chi connectivity index (χ4v) is 1.57. The van der Waals surface area contributed by atoms with E-state index in [4.69, 9.17) is 0 Å². The molecule has 0 aliphatic carbocycles. The molecule has 1 N–H and O–H groups in total. The van der Waals surface area contributed by atoms with Crippen molar-refractivity contribution < 1.29 is 4.79 Å². The summed E-state index contributed by atoms with van der Waals surface area (Å²) in [6.45, 7) is 6.97. The van der Waals surface area contributed by atoms with Crippen molar-refractivity contribution >= 4 is 5.91 Å². The minimum Gasteiger partial charge on any atom is -0.343 e. The van der Waals surface area contributed by atoms with Crippen molar-refractivity contribution in [2.45, 2.75) is 39.7 Å². The molecule has 84 valence electrons. The Kier molecular flexibility index (Phi) is 6.54. The maximum absolute atomic E-state index is 11.8. The van der Waals surface area contributed by atoms with Gasteiger partial charge in [0, 0.05) is 25.6 Å². The second kappa shape index (κ2) is 6.82. The Labute approximate surface area is 87.9 Å². The smallest absolute Gasteiger partial charge is 0.226 e. The van der Waals surface area contributed by atoms with Gasteiger partial charge in [-0.1, -0.05) is 20.3 Å². The molecule has 3 nitrogen and oxygen atoms in total. The van der Waals surface area contributed by atoms with Crippen LogP contribution in [-0.4, -0.2) is 37.5 Å². The van der Waals surface area contributed by atoms with Crippen molar-refractivity contribution in [3.8, 4) is 0 Å². The van der Waals surface area contributed by atoms with Crippen LogP contribution >= 0.6 is 0 Å². The van der Waals surface area contributed by atoms with Crippen molar-refractivity contribution in [3.05, 3.63) is 0 Å². The van der Waals surface area contributed by atoms with Gasteiger partial charge in [-0.25, -0.2) is 0 Å². The topological polar surface area (TPSA) is 32.3 Å². The van der Waals surface area contributed by atoms with Gasteiger partial charge in [0.25, 0.3) is 0 Å². The van der Waals surface area contributed by atoms with E-state index in [0.717, 1.165) is 19.4 Å². The average molecular weight is 200 g/mol. The van der Waals surface area contributed by atoms with Crippen LogP contribution in [0.3, 0.4) is 0 Å². The van der Waals surface area contributed by atoms with Gasteiger partial charge in [-0.15, -0.1) is 0 Å². The molecule has 0 bridgehead atoms. The molecule has 0 fully saturated rings. The van der Waals surface area contributed by atoms with Crippen molar-refractivity contribution in [2.24, 2.45) is 5.92 Å². The molecule has 2 atom stereocenters. The molecule has 1 amide bonds. The van der Waals surface area contributed by atoms with Gasteiger partial charge in [0.2, 0.25) is 5.91 Å². The van der Waals surface area contributed by atoms with E-state index in [1.807, 2.05) is 25.9 Å². The molecular weight excluding hydrogens is 176 g/mol. The lowest BCUT2D eigenvalue weighted by Crippen LogP contribution is -2.40. The molecule has 0 rings (SSSR count). The molecule has 0 radical (unpaired) electrons. The zero-order valence-corrected chi connectivity index (χ0v) is 10.1. The Hall–Kier alpha value is -0.570. The predicted octanol–water partition coefficient (Wildman–Crippen LogP) is 1.49. The lowest BCUT2D eigenvalue weighted by molar-refractivity contribution is -0.135. The van der Waals surface area contributed by atoms with Gasteiger partial charge in [-0.2, -0.15) is 0 Å². The van der Waals surface area contributed by atoms with Crippen LogP contribution in [0.25, 0.3) is 0 Å². The maximum Gasteiger partial charge on any atom is 0.226 e. The Morgan fingerprint density at radius 2 is 2.00 bits per heavy atom. The molecule has 0 aliphatic rings. The van der Waals surface area contributed by atoms with Gasteiger partial charge in [0.1, 0.15) is 0 Å². The number of rotatable bonds is 6. The largest absolute Gasteiger partial charge is 0.343 e. The molecule has 0 saturated carbocycles. The lowest BCUT2D eigenvalue weighted by Gasteiger charge is -2.27.